The largest absolute Gasteiger partial charge is 0.513 e. The van der Waals surface area contributed by atoms with Crippen LogP contribution in [0.25, 0.3) is 16.8 Å². The van der Waals surface area contributed by atoms with E-state index in [1.165, 1.54) is 12.1 Å². The zero-order valence-corrected chi connectivity index (χ0v) is 19.2. The van der Waals surface area contributed by atoms with E-state index in [4.69, 9.17) is 15.6 Å². The van der Waals surface area contributed by atoms with Crippen LogP contribution in [0.2, 0.25) is 0 Å². The fourth-order valence-electron chi connectivity index (χ4n) is 4.98. The maximum atomic E-state index is 13.4. The Morgan fingerprint density at radius 1 is 0.833 bits per heavy atom. The highest BCUT2D eigenvalue weighted by molar-refractivity contribution is 5.94. The maximum Gasteiger partial charge on any atom is 0.251 e. The Bertz CT molecular complexity index is 1510. The van der Waals surface area contributed by atoms with Crippen molar-refractivity contribution < 1.29 is 19.0 Å². The van der Waals surface area contributed by atoms with E-state index in [9.17, 15) is 9.18 Å². The first-order valence-corrected chi connectivity index (χ1v) is 11.7. The number of carbonyl (C=O) groups is 1. The Hall–Kier alpha value is -4.42. The van der Waals surface area contributed by atoms with Crippen LogP contribution < -0.4 is 11.1 Å². The number of benzene rings is 4. The molecule has 2 heterocycles. The minimum absolute atomic E-state index is 0.140. The van der Waals surface area contributed by atoms with E-state index in [-0.39, 0.29) is 29.6 Å². The van der Waals surface area contributed by atoms with E-state index in [1.807, 2.05) is 36.4 Å². The second-order valence-electron chi connectivity index (χ2n) is 9.05. The summed E-state index contributed by atoms with van der Waals surface area (Å²) in [5.41, 5.74) is 14.5. The maximum absolute atomic E-state index is 13.4. The van der Waals surface area contributed by atoms with Gasteiger partial charge in [-0.1, -0.05) is 54.6 Å². The monoisotopic (exact) mass is 478 g/mol. The second kappa shape index (κ2) is 8.66. The molecule has 178 valence electrons. The molecule has 2 bridgehead atoms. The van der Waals surface area contributed by atoms with Crippen molar-refractivity contribution in [1.82, 2.24) is 5.32 Å². The average Bonchev–Trinajstić information content (AvgIpc) is 3.49. The number of hydrogen-bond acceptors (Lipinski definition) is 4. The van der Waals surface area contributed by atoms with Crippen LogP contribution in [0, 0.1) is 5.82 Å². The van der Waals surface area contributed by atoms with Gasteiger partial charge in [0.2, 0.25) is 0 Å². The summed E-state index contributed by atoms with van der Waals surface area (Å²) in [6, 6.07) is 25.7. The molecular weight excluding hydrogens is 455 g/mol. The van der Waals surface area contributed by atoms with Crippen LogP contribution >= 0.6 is 0 Å². The number of aliphatic hydroxyl groups is 1. The number of amides is 1. The van der Waals surface area contributed by atoms with Crippen LogP contribution in [-0.4, -0.2) is 11.0 Å². The summed E-state index contributed by atoms with van der Waals surface area (Å²) >= 11 is 0. The summed E-state index contributed by atoms with van der Waals surface area (Å²) in [5.74, 6) is -0.428. The van der Waals surface area contributed by atoms with Crippen LogP contribution in [0.5, 0.6) is 0 Å². The Morgan fingerprint density at radius 3 is 2.17 bits per heavy atom. The van der Waals surface area contributed by atoms with Crippen LogP contribution in [-0.2, 0) is 11.3 Å². The predicted octanol–water partition coefficient (Wildman–Crippen LogP) is 5.76. The Morgan fingerprint density at radius 2 is 1.44 bits per heavy atom. The molecule has 0 unspecified atom stereocenters. The number of hydrogen-bond donors (Lipinski definition) is 3. The van der Waals surface area contributed by atoms with E-state index in [0.29, 0.717) is 17.7 Å². The number of fused-ring (bicyclic) bond motifs is 8. The van der Waals surface area contributed by atoms with Gasteiger partial charge in [0.1, 0.15) is 24.3 Å². The third-order valence-corrected chi connectivity index (χ3v) is 6.89. The van der Waals surface area contributed by atoms with E-state index in [0.717, 1.165) is 45.2 Å². The van der Waals surface area contributed by atoms with Crippen LogP contribution in [0.3, 0.4) is 0 Å². The normalized spacial score (nSPS) is 17.5. The standard InChI is InChI=1S/C30H23FN2O3/c31-22-9-5-18(6-10-22)20-7-11-23-25(13-20)29-26-14-21(8-12-24(26)28(23)36-29)30(35)33-15-17-1-3-19(4-2-17)27(32)16-34/h1-14,16,28-29,34H,15,32H2,(H,33,35)/b27-16-/t28-,29+/m0/s1. The van der Waals surface area contributed by atoms with Crippen LogP contribution in [0.1, 0.15) is 55.9 Å². The fourth-order valence-corrected chi connectivity index (χ4v) is 4.98. The van der Waals surface area contributed by atoms with Gasteiger partial charge in [-0.25, -0.2) is 4.39 Å². The lowest BCUT2D eigenvalue weighted by Gasteiger charge is -2.18. The third-order valence-electron chi connectivity index (χ3n) is 6.89. The van der Waals surface area contributed by atoms with Crippen molar-refractivity contribution in [2.24, 2.45) is 5.73 Å². The first-order valence-electron chi connectivity index (χ1n) is 11.7. The molecular formula is C30H23FN2O3. The van der Waals surface area contributed by atoms with Gasteiger partial charge in [-0.2, -0.15) is 0 Å². The molecule has 2 aliphatic heterocycles. The molecule has 36 heavy (non-hydrogen) atoms. The molecule has 2 aliphatic rings. The lowest BCUT2D eigenvalue weighted by atomic mass is 9.84. The second-order valence-corrected chi connectivity index (χ2v) is 9.05. The predicted molar refractivity (Wildman–Crippen MR) is 135 cm³/mol. The average molecular weight is 479 g/mol. The number of carbonyl (C=O) groups excluding carboxylic acids is 1. The summed E-state index contributed by atoms with van der Waals surface area (Å²) in [6.07, 6.45) is 0.493. The first-order chi connectivity index (χ1) is 17.5. The molecule has 0 fully saturated rings. The van der Waals surface area contributed by atoms with Gasteiger partial charge in [-0.3, -0.25) is 4.79 Å². The third kappa shape index (κ3) is 3.72. The summed E-state index contributed by atoms with van der Waals surface area (Å²) in [4.78, 5) is 12.9. The fraction of sp³-hybridized carbons (Fsp3) is 0.100. The lowest BCUT2D eigenvalue weighted by Crippen LogP contribution is -2.23. The van der Waals surface area contributed by atoms with Gasteiger partial charge in [-0.05, 0) is 69.3 Å². The SMILES string of the molecule is N/C(=C\O)c1ccc(CNC(=O)c2ccc3c(c2)[C@@H]2O[C@H]3c3ccc(-c4ccc(F)cc4)cc32)cc1. The van der Waals surface area contributed by atoms with E-state index in [2.05, 4.69) is 17.4 Å². The molecule has 0 saturated carbocycles. The zero-order valence-electron chi connectivity index (χ0n) is 19.2. The van der Waals surface area contributed by atoms with E-state index in [1.54, 1.807) is 24.3 Å². The zero-order chi connectivity index (χ0) is 24.8. The number of ether oxygens (including phenoxy) is 1. The highest BCUT2D eigenvalue weighted by Gasteiger charge is 2.43. The molecule has 4 aromatic rings. The van der Waals surface area contributed by atoms with Crippen molar-refractivity contribution in [3.05, 3.63) is 136 Å². The molecule has 0 radical (unpaired) electrons. The molecule has 4 aromatic carbocycles. The van der Waals surface area contributed by atoms with Crippen molar-refractivity contribution in [1.29, 1.82) is 0 Å². The Kier molecular flexibility index (Phi) is 5.31. The van der Waals surface area contributed by atoms with Crippen molar-refractivity contribution in [3.63, 3.8) is 0 Å². The molecule has 2 atom stereocenters. The quantitative estimate of drug-likeness (QED) is 0.319. The molecule has 0 spiro atoms. The molecule has 6 rings (SSSR count). The number of nitrogens with one attached hydrogen (secondary N) is 1. The minimum Gasteiger partial charge on any atom is -0.513 e. The number of aliphatic hydroxyl groups excluding tert-OH is 1. The van der Waals surface area contributed by atoms with Crippen molar-refractivity contribution in [2.45, 2.75) is 18.8 Å². The number of halogens is 1. The summed E-state index contributed by atoms with van der Waals surface area (Å²) in [6.45, 7) is 0.366. The number of rotatable bonds is 5. The van der Waals surface area contributed by atoms with Gasteiger partial charge in [-0.15, -0.1) is 0 Å². The van der Waals surface area contributed by atoms with Crippen molar-refractivity contribution in [2.75, 3.05) is 0 Å². The van der Waals surface area contributed by atoms with E-state index < -0.39 is 0 Å². The van der Waals surface area contributed by atoms with Crippen molar-refractivity contribution >= 4 is 11.6 Å². The molecule has 6 heteroatoms. The smallest absolute Gasteiger partial charge is 0.251 e. The lowest BCUT2D eigenvalue weighted by molar-refractivity contribution is 0.0857. The highest BCUT2D eigenvalue weighted by Crippen LogP contribution is 2.54. The molecule has 5 nitrogen and oxygen atoms in total. The van der Waals surface area contributed by atoms with Gasteiger partial charge in [0.05, 0.1) is 5.70 Å². The van der Waals surface area contributed by atoms with Crippen molar-refractivity contribution in [3.8, 4) is 11.1 Å². The van der Waals surface area contributed by atoms with Gasteiger partial charge in [0.15, 0.2) is 0 Å². The molecule has 1 amide bonds. The summed E-state index contributed by atoms with van der Waals surface area (Å²) < 4.78 is 19.7. The van der Waals surface area contributed by atoms with Gasteiger partial charge in [0, 0.05) is 17.7 Å². The first kappa shape index (κ1) is 22.1. The van der Waals surface area contributed by atoms with E-state index >= 15 is 0 Å². The summed E-state index contributed by atoms with van der Waals surface area (Å²) in [7, 11) is 0. The van der Waals surface area contributed by atoms with Crippen LogP contribution in [0.4, 0.5) is 4.39 Å². The molecule has 0 aromatic heterocycles. The molecule has 4 N–H and O–H groups in total. The Balaban J connectivity index is 1.21. The molecule has 0 saturated heterocycles. The Labute approximate surface area is 207 Å². The number of nitrogens with two attached hydrogens (primary N) is 1. The topological polar surface area (TPSA) is 84.6 Å². The molecule has 0 aliphatic carbocycles. The van der Waals surface area contributed by atoms with Gasteiger partial charge < -0.3 is 20.9 Å². The highest BCUT2D eigenvalue weighted by atomic mass is 19.1. The van der Waals surface area contributed by atoms with Gasteiger partial charge in [0.25, 0.3) is 5.91 Å². The minimum atomic E-state index is -0.261. The van der Waals surface area contributed by atoms with Crippen LogP contribution in [0.15, 0.2) is 91.2 Å². The summed E-state index contributed by atoms with van der Waals surface area (Å²) in [5, 5.41) is 12.0. The van der Waals surface area contributed by atoms with Gasteiger partial charge >= 0.3 is 0 Å².